The van der Waals surface area contributed by atoms with Gasteiger partial charge >= 0.3 is 11.9 Å². The molecule has 0 amide bonds. The van der Waals surface area contributed by atoms with Crippen molar-refractivity contribution in [3.8, 4) is 0 Å². The lowest BCUT2D eigenvalue weighted by molar-refractivity contribution is 0.0475. The molecule has 0 saturated carbocycles. The number of pyridine rings is 1. The summed E-state index contributed by atoms with van der Waals surface area (Å²) in [7, 11) is 0. The van der Waals surface area contributed by atoms with Crippen LogP contribution >= 0.6 is 11.8 Å². The summed E-state index contributed by atoms with van der Waals surface area (Å²) in [6, 6.07) is 3.77. The first-order valence-electron chi connectivity index (χ1n) is 5.30. The Morgan fingerprint density at radius 1 is 1.50 bits per heavy atom. The molecule has 0 bridgehead atoms. The number of esters is 1. The smallest absolute Gasteiger partial charge is 0.396 e. The van der Waals surface area contributed by atoms with Crippen LogP contribution < -0.4 is 0 Å². The summed E-state index contributed by atoms with van der Waals surface area (Å²) in [5.41, 5.74) is 0.999. The molecule has 0 N–H and O–H groups in total. The van der Waals surface area contributed by atoms with E-state index in [1.54, 1.807) is 13.1 Å². The van der Waals surface area contributed by atoms with Crippen LogP contribution in [0.15, 0.2) is 33.0 Å². The Morgan fingerprint density at radius 2 is 2.33 bits per heavy atom. The average Bonchev–Trinajstić information content (AvgIpc) is 2.81. The van der Waals surface area contributed by atoms with E-state index < -0.39 is 5.97 Å². The van der Waals surface area contributed by atoms with Gasteiger partial charge in [0.05, 0.1) is 6.61 Å². The molecule has 0 unspecified atom stereocenters. The van der Waals surface area contributed by atoms with Crippen LogP contribution in [0.3, 0.4) is 0 Å². The highest BCUT2D eigenvalue weighted by Crippen LogP contribution is 2.26. The SMILES string of the molecule is CCOC(=O)c1nnc(Sc2ncccc2C)o1. The van der Waals surface area contributed by atoms with Gasteiger partial charge < -0.3 is 9.15 Å². The quantitative estimate of drug-likeness (QED) is 0.783. The van der Waals surface area contributed by atoms with Crippen molar-refractivity contribution in [2.24, 2.45) is 0 Å². The summed E-state index contributed by atoms with van der Waals surface area (Å²) < 4.78 is 9.94. The van der Waals surface area contributed by atoms with Crippen molar-refractivity contribution in [2.75, 3.05) is 6.61 Å². The van der Waals surface area contributed by atoms with Gasteiger partial charge in [-0.25, -0.2) is 9.78 Å². The van der Waals surface area contributed by atoms with Gasteiger partial charge in [-0.1, -0.05) is 11.2 Å². The Balaban J connectivity index is 2.12. The average molecular weight is 265 g/mol. The topological polar surface area (TPSA) is 78.1 Å². The lowest BCUT2D eigenvalue weighted by Crippen LogP contribution is -2.04. The van der Waals surface area contributed by atoms with Crippen LogP contribution in [0.1, 0.15) is 23.2 Å². The molecule has 0 aliphatic carbocycles. The normalized spacial score (nSPS) is 10.3. The van der Waals surface area contributed by atoms with Gasteiger partial charge in [0.1, 0.15) is 5.03 Å². The van der Waals surface area contributed by atoms with Gasteiger partial charge in [0, 0.05) is 6.20 Å². The van der Waals surface area contributed by atoms with E-state index >= 15 is 0 Å². The van der Waals surface area contributed by atoms with Gasteiger partial charge in [0.15, 0.2) is 0 Å². The summed E-state index contributed by atoms with van der Waals surface area (Å²) in [5, 5.41) is 8.41. The van der Waals surface area contributed by atoms with Gasteiger partial charge in [-0.2, -0.15) is 0 Å². The summed E-state index contributed by atoms with van der Waals surface area (Å²) in [6.07, 6.45) is 1.68. The predicted octanol–water partition coefficient (Wildman–Crippen LogP) is 2.10. The van der Waals surface area contributed by atoms with Crippen LogP contribution in [0.5, 0.6) is 0 Å². The summed E-state index contributed by atoms with van der Waals surface area (Å²) in [5.74, 6) is -0.762. The minimum Gasteiger partial charge on any atom is -0.459 e. The van der Waals surface area contributed by atoms with Gasteiger partial charge in [0.25, 0.3) is 5.22 Å². The van der Waals surface area contributed by atoms with Gasteiger partial charge in [0.2, 0.25) is 0 Å². The van der Waals surface area contributed by atoms with Gasteiger partial charge in [-0.05, 0) is 37.2 Å². The zero-order chi connectivity index (χ0) is 13.0. The number of aryl methyl sites for hydroxylation is 1. The Kier molecular flexibility index (Phi) is 3.93. The first-order chi connectivity index (χ1) is 8.70. The molecule has 0 aliphatic rings. The number of rotatable bonds is 4. The number of carbonyl (C=O) groups excluding carboxylic acids is 1. The van der Waals surface area contributed by atoms with Crippen molar-refractivity contribution < 1.29 is 13.9 Å². The number of carbonyl (C=O) groups is 1. The van der Waals surface area contributed by atoms with E-state index in [1.165, 1.54) is 11.8 Å². The summed E-state index contributed by atoms with van der Waals surface area (Å²) >= 11 is 1.21. The molecule has 0 radical (unpaired) electrons. The van der Waals surface area contributed by atoms with Crippen LogP contribution in [0.2, 0.25) is 0 Å². The standard InChI is InChI=1S/C11H11N3O3S/c1-3-16-10(15)8-13-14-11(17-8)18-9-7(2)5-4-6-12-9/h4-6H,3H2,1-2H3. The molecule has 2 heterocycles. The van der Waals surface area contributed by atoms with Crippen molar-refractivity contribution in [2.45, 2.75) is 24.1 Å². The molecule has 0 aliphatic heterocycles. The van der Waals surface area contributed by atoms with E-state index in [2.05, 4.69) is 15.2 Å². The maximum Gasteiger partial charge on any atom is 0.396 e. The van der Waals surface area contributed by atoms with E-state index in [1.807, 2.05) is 19.1 Å². The first-order valence-corrected chi connectivity index (χ1v) is 6.12. The third kappa shape index (κ3) is 2.86. The molecule has 6 nitrogen and oxygen atoms in total. The molecule has 0 saturated heterocycles. The Labute approximate surface area is 108 Å². The second kappa shape index (κ2) is 5.63. The number of hydrogen-bond acceptors (Lipinski definition) is 7. The number of nitrogens with zero attached hydrogens (tertiary/aromatic N) is 3. The third-order valence-corrected chi connectivity index (χ3v) is 2.96. The van der Waals surface area contributed by atoms with Crippen molar-refractivity contribution in [1.29, 1.82) is 0 Å². The van der Waals surface area contributed by atoms with Crippen LogP contribution in [-0.2, 0) is 4.74 Å². The number of ether oxygens (including phenoxy) is 1. The molecule has 0 spiro atoms. The van der Waals surface area contributed by atoms with Crippen molar-refractivity contribution in [1.82, 2.24) is 15.2 Å². The lowest BCUT2D eigenvalue weighted by atomic mass is 10.3. The molecule has 7 heteroatoms. The Bertz CT molecular complexity index is 556. The highest BCUT2D eigenvalue weighted by Gasteiger charge is 2.17. The molecule has 2 aromatic rings. The van der Waals surface area contributed by atoms with Crippen LogP contribution in [-0.4, -0.2) is 27.8 Å². The highest BCUT2D eigenvalue weighted by atomic mass is 32.2. The van der Waals surface area contributed by atoms with Crippen LogP contribution in [0.4, 0.5) is 0 Å². The molecular formula is C11H11N3O3S. The maximum atomic E-state index is 11.3. The molecule has 2 rings (SSSR count). The number of hydrogen-bond donors (Lipinski definition) is 0. The third-order valence-electron chi connectivity index (χ3n) is 2.00. The molecule has 18 heavy (non-hydrogen) atoms. The highest BCUT2D eigenvalue weighted by molar-refractivity contribution is 7.99. The second-order valence-corrected chi connectivity index (χ2v) is 4.26. The van der Waals surface area contributed by atoms with E-state index in [-0.39, 0.29) is 17.7 Å². The van der Waals surface area contributed by atoms with E-state index in [9.17, 15) is 4.79 Å². The maximum absolute atomic E-state index is 11.3. The van der Waals surface area contributed by atoms with Crippen LogP contribution in [0.25, 0.3) is 0 Å². The molecule has 0 aromatic carbocycles. The predicted molar refractivity (Wildman–Crippen MR) is 63.4 cm³/mol. The van der Waals surface area contributed by atoms with Gasteiger partial charge in [-0.15, -0.1) is 5.10 Å². The van der Waals surface area contributed by atoms with Crippen molar-refractivity contribution in [3.05, 3.63) is 29.8 Å². The second-order valence-electron chi connectivity index (χ2n) is 3.32. The fraction of sp³-hybridized carbons (Fsp3) is 0.273. The zero-order valence-electron chi connectivity index (χ0n) is 9.91. The van der Waals surface area contributed by atoms with E-state index in [0.29, 0.717) is 0 Å². The zero-order valence-corrected chi connectivity index (χ0v) is 10.7. The Hall–Kier alpha value is -1.89. The molecular weight excluding hydrogens is 254 g/mol. The minimum absolute atomic E-state index is 0.145. The van der Waals surface area contributed by atoms with E-state index in [0.717, 1.165) is 10.6 Å². The fourth-order valence-electron chi connectivity index (χ4n) is 1.19. The lowest BCUT2D eigenvalue weighted by Gasteiger charge is -1.98. The molecule has 0 atom stereocenters. The molecule has 2 aromatic heterocycles. The Morgan fingerprint density at radius 3 is 3.06 bits per heavy atom. The van der Waals surface area contributed by atoms with Crippen LogP contribution in [0, 0.1) is 6.92 Å². The molecule has 94 valence electrons. The monoisotopic (exact) mass is 265 g/mol. The summed E-state index contributed by atoms with van der Waals surface area (Å²) in [4.78, 5) is 15.5. The fourth-order valence-corrected chi connectivity index (χ4v) is 1.90. The van der Waals surface area contributed by atoms with Crippen molar-refractivity contribution in [3.63, 3.8) is 0 Å². The largest absolute Gasteiger partial charge is 0.459 e. The summed E-state index contributed by atoms with van der Waals surface area (Å²) in [6.45, 7) is 3.90. The van der Waals surface area contributed by atoms with Gasteiger partial charge in [-0.3, -0.25) is 0 Å². The molecule has 0 fully saturated rings. The minimum atomic E-state index is -0.616. The van der Waals surface area contributed by atoms with Crippen molar-refractivity contribution >= 4 is 17.7 Å². The first kappa shape index (κ1) is 12.6. The van der Waals surface area contributed by atoms with E-state index in [4.69, 9.17) is 9.15 Å². The number of aromatic nitrogens is 3.